The van der Waals surface area contributed by atoms with E-state index in [0.717, 1.165) is 0 Å². The van der Waals surface area contributed by atoms with Gasteiger partial charge in [0.2, 0.25) is 0 Å². The third-order valence-corrected chi connectivity index (χ3v) is 3.49. The molecule has 2 rings (SSSR count). The summed E-state index contributed by atoms with van der Waals surface area (Å²) in [6.07, 6.45) is -7.83. The number of halogens is 4. The highest BCUT2D eigenvalue weighted by molar-refractivity contribution is 5.82. The summed E-state index contributed by atoms with van der Waals surface area (Å²) in [5, 5.41) is 14.0. The lowest BCUT2D eigenvalue weighted by Gasteiger charge is -2.14. The fraction of sp³-hybridized carbons (Fsp3) is 0.400. The van der Waals surface area contributed by atoms with E-state index in [1.807, 2.05) is 0 Å². The van der Waals surface area contributed by atoms with Crippen LogP contribution in [0, 0.1) is 12.7 Å². The molecule has 24 heavy (non-hydrogen) atoms. The smallest absolute Gasteiger partial charge is 0.414 e. The molecule has 3 N–H and O–H groups in total. The first-order valence-electron chi connectivity index (χ1n) is 7.12. The number of furan rings is 1. The number of carbonyl (C=O) groups is 1. The summed E-state index contributed by atoms with van der Waals surface area (Å²) < 4.78 is 55.0. The van der Waals surface area contributed by atoms with E-state index in [-0.39, 0.29) is 13.1 Å². The Labute approximate surface area is 134 Å². The Balaban J connectivity index is 1.85. The molecule has 1 atom stereocenters. The van der Waals surface area contributed by atoms with Crippen molar-refractivity contribution in [1.29, 1.82) is 0 Å². The van der Waals surface area contributed by atoms with Gasteiger partial charge in [-0.2, -0.15) is 13.2 Å². The van der Waals surface area contributed by atoms with Gasteiger partial charge in [-0.15, -0.1) is 0 Å². The lowest BCUT2D eigenvalue weighted by molar-refractivity contribution is -0.204. The van der Waals surface area contributed by atoms with E-state index in [9.17, 15) is 22.4 Å². The molecule has 9 heteroatoms. The van der Waals surface area contributed by atoms with Gasteiger partial charge < -0.3 is 20.2 Å². The van der Waals surface area contributed by atoms with Crippen LogP contribution >= 0.6 is 0 Å². The molecule has 5 nitrogen and oxygen atoms in total. The number of amides is 2. The summed E-state index contributed by atoms with van der Waals surface area (Å²) >= 11 is 0. The summed E-state index contributed by atoms with van der Waals surface area (Å²) in [6.45, 7) is 1.37. The number of rotatable bonds is 5. The van der Waals surface area contributed by atoms with E-state index in [0.29, 0.717) is 22.3 Å². The van der Waals surface area contributed by atoms with Crippen LogP contribution in [0.4, 0.5) is 22.4 Å². The van der Waals surface area contributed by atoms with E-state index < -0.39 is 30.5 Å². The Morgan fingerprint density at radius 3 is 2.71 bits per heavy atom. The van der Waals surface area contributed by atoms with E-state index in [2.05, 4.69) is 10.6 Å². The Morgan fingerprint density at radius 1 is 1.33 bits per heavy atom. The molecule has 2 aromatic rings. The predicted octanol–water partition coefficient (Wildman–Crippen LogP) is 2.99. The molecule has 0 aliphatic rings. The number of aliphatic hydroxyl groups excluding tert-OH is 1. The number of fused-ring (bicyclic) bond motifs is 1. The second-order valence-electron chi connectivity index (χ2n) is 5.25. The summed E-state index contributed by atoms with van der Waals surface area (Å²) in [5.74, 6) is 0.00736. The van der Waals surface area contributed by atoms with Crippen molar-refractivity contribution in [2.75, 3.05) is 6.54 Å². The SMILES string of the molecule is Cc1c(CNC(=O)NCC[C@@H](O)C(F)(F)F)oc2ccc(F)cc12. The van der Waals surface area contributed by atoms with Gasteiger partial charge in [0.05, 0.1) is 6.54 Å². The standard InChI is InChI=1S/C15H16F4N2O3/c1-8-10-6-9(16)2-3-11(10)24-12(8)7-21-14(23)20-5-4-13(22)15(17,18)19/h2-3,6,13,22H,4-5,7H2,1H3,(H2,20,21,23)/t13-/m1/s1. The van der Waals surface area contributed by atoms with Crippen LogP contribution in [-0.2, 0) is 6.54 Å². The van der Waals surface area contributed by atoms with E-state index in [1.165, 1.54) is 18.2 Å². The van der Waals surface area contributed by atoms with Crippen molar-refractivity contribution in [2.45, 2.75) is 32.2 Å². The Hall–Kier alpha value is -2.29. The minimum absolute atomic E-state index is 0.00418. The Kier molecular flexibility index (Phi) is 5.33. The molecular weight excluding hydrogens is 332 g/mol. The van der Waals surface area contributed by atoms with Gasteiger partial charge in [0.1, 0.15) is 17.2 Å². The maximum absolute atomic E-state index is 13.2. The van der Waals surface area contributed by atoms with Crippen LogP contribution in [0.1, 0.15) is 17.7 Å². The van der Waals surface area contributed by atoms with Crippen LogP contribution in [0.15, 0.2) is 22.6 Å². The third kappa shape index (κ3) is 4.38. The zero-order chi connectivity index (χ0) is 17.9. The van der Waals surface area contributed by atoms with Crippen LogP contribution < -0.4 is 10.6 Å². The van der Waals surface area contributed by atoms with Crippen molar-refractivity contribution < 1.29 is 31.9 Å². The molecule has 0 saturated carbocycles. The maximum atomic E-state index is 13.2. The quantitative estimate of drug-likeness (QED) is 0.727. The van der Waals surface area contributed by atoms with Crippen LogP contribution in [0.3, 0.4) is 0 Å². The molecule has 0 aliphatic carbocycles. The van der Waals surface area contributed by atoms with E-state index in [4.69, 9.17) is 9.52 Å². The molecule has 1 aromatic heterocycles. The van der Waals surface area contributed by atoms with Gasteiger partial charge >= 0.3 is 12.2 Å². The van der Waals surface area contributed by atoms with Gasteiger partial charge in [0.25, 0.3) is 0 Å². The molecule has 0 saturated heterocycles. The fourth-order valence-electron chi connectivity index (χ4n) is 2.12. The number of aryl methyl sites for hydroxylation is 1. The van der Waals surface area contributed by atoms with Gasteiger partial charge in [-0.05, 0) is 31.5 Å². The van der Waals surface area contributed by atoms with Gasteiger partial charge in [-0.25, -0.2) is 9.18 Å². The number of nitrogens with one attached hydrogen (secondary N) is 2. The molecular formula is C15H16F4N2O3. The molecule has 2 amide bonds. The highest BCUT2D eigenvalue weighted by atomic mass is 19.4. The molecule has 0 unspecified atom stereocenters. The Bertz CT molecular complexity index is 727. The van der Waals surface area contributed by atoms with E-state index in [1.54, 1.807) is 6.92 Å². The van der Waals surface area contributed by atoms with Crippen LogP contribution in [0.2, 0.25) is 0 Å². The first-order chi connectivity index (χ1) is 11.2. The molecule has 1 heterocycles. The molecule has 1 aromatic carbocycles. The maximum Gasteiger partial charge on any atom is 0.414 e. The summed E-state index contributed by atoms with van der Waals surface area (Å²) in [4.78, 5) is 11.5. The first-order valence-corrected chi connectivity index (χ1v) is 7.12. The van der Waals surface area contributed by atoms with Gasteiger partial charge in [0.15, 0.2) is 6.10 Å². The molecule has 0 fully saturated rings. The second-order valence-corrected chi connectivity index (χ2v) is 5.25. The van der Waals surface area contributed by atoms with Crippen molar-refractivity contribution in [1.82, 2.24) is 10.6 Å². The van der Waals surface area contributed by atoms with Crippen LogP contribution in [-0.4, -0.2) is 30.0 Å². The monoisotopic (exact) mass is 348 g/mol. The largest absolute Gasteiger partial charge is 0.459 e. The van der Waals surface area contributed by atoms with Crippen molar-refractivity contribution in [3.63, 3.8) is 0 Å². The van der Waals surface area contributed by atoms with Gasteiger partial charge in [-0.3, -0.25) is 0 Å². The average Bonchev–Trinajstić information content (AvgIpc) is 2.80. The minimum Gasteiger partial charge on any atom is -0.459 e. The zero-order valence-corrected chi connectivity index (χ0v) is 12.7. The molecule has 0 radical (unpaired) electrons. The van der Waals surface area contributed by atoms with Gasteiger partial charge in [0, 0.05) is 17.5 Å². The Morgan fingerprint density at radius 2 is 2.04 bits per heavy atom. The second kappa shape index (κ2) is 7.08. The zero-order valence-electron chi connectivity index (χ0n) is 12.7. The number of urea groups is 1. The highest BCUT2D eigenvalue weighted by Gasteiger charge is 2.37. The number of carbonyl (C=O) groups excluding carboxylic acids is 1. The summed E-state index contributed by atoms with van der Waals surface area (Å²) in [6, 6.07) is 3.34. The van der Waals surface area contributed by atoms with Crippen molar-refractivity contribution >= 4 is 17.0 Å². The van der Waals surface area contributed by atoms with Crippen molar-refractivity contribution in [3.8, 4) is 0 Å². The normalized spacial score (nSPS) is 13.1. The topological polar surface area (TPSA) is 74.5 Å². The molecule has 0 bridgehead atoms. The van der Waals surface area contributed by atoms with Crippen LogP contribution in [0.25, 0.3) is 11.0 Å². The summed E-state index contributed by atoms with van der Waals surface area (Å²) in [5.41, 5.74) is 1.14. The number of aliphatic hydroxyl groups is 1. The lowest BCUT2D eigenvalue weighted by Crippen LogP contribution is -2.38. The van der Waals surface area contributed by atoms with Crippen LogP contribution in [0.5, 0.6) is 0 Å². The number of alkyl halides is 3. The fourth-order valence-corrected chi connectivity index (χ4v) is 2.12. The summed E-state index contributed by atoms with van der Waals surface area (Å²) in [7, 11) is 0. The number of hydrogen-bond donors (Lipinski definition) is 3. The molecule has 0 aliphatic heterocycles. The van der Waals surface area contributed by atoms with E-state index >= 15 is 0 Å². The van der Waals surface area contributed by atoms with Gasteiger partial charge in [-0.1, -0.05) is 0 Å². The average molecular weight is 348 g/mol. The number of hydrogen-bond acceptors (Lipinski definition) is 3. The third-order valence-electron chi connectivity index (χ3n) is 3.49. The molecule has 0 spiro atoms. The predicted molar refractivity (Wildman–Crippen MR) is 77.8 cm³/mol. The first kappa shape index (κ1) is 18.1. The van der Waals surface area contributed by atoms with Crippen molar-refractivity contribution in [3.05, 3.63) is 35.3 Å². The molecule has 132 valence electrons. The number of benzene rings is 1. The minimum atomic E-state index is -4.71. The van der Waals surface area contributed by atoms with Crippen molar-refractivity contribution in [2.24, 2.45) is 0 Å². The highest BCUT2D eigenvalue weighted by Crippen LogP contribution is 2.25. The lowest BCUT2D eigenvalue weighted by atomic mass is 10.1.